The molecule has 2 fully saturated rings. The number of ether oxygens (including phenoxy) is 3. The van der Waals surface area contributed by atoms with E-state index in [1.54, 1.807) is 6.92 Å². The van der Waals surface area contributed by atoms with Crippen molar-refractivity contribution >= 4 is 23.4 Å². The van der Waals surface area contributed by atoms with Crippen molar-refractivity contribution in [2.75, 3.05) is 35.0 Å². The molecule has 0 radical (unpaired) electrons. The highest BCUT2D eigenvalue weighted by Gasteiger charge is 2.48. The van der Waals surface area contributed by atoms with Gasteiger partial charge in [0.05, 0.1) is 13.2 Å². The summed E-state index contributed by atoms with van der Waals surface area (Å²) < 4.78 is 15.4. The van der Waals surface area contributed by atoms with Gasteiger partial charge >= 0.3 is 5.97 Å². The number of nitrogens with zero attached hydrogens (tertiary/aromatic N) is 1. The van der Waals surface area contributed by atoms with Crippen molar-refractivity contribution in [2.45, 2.75) is 154 Å². The van der Waals surface area contributed by atoms with Gasteiger partial charge in [-0.1, -0.05) is 76.2 Å². The topological polar surface area (TPSA) is 140 Å². The number of allylic oxidation sites excluding steroid dienone is 4. The Kier molecular flexibility index (Phi) is 28.2. The number of methoxy groups -OCH3 is 3. The van der Waals surface area contributed by atoms with Gasteiger partial charge in [0.2, 0.25) is 5.79 Å². The molecule has 0 aromatic carbocycles. The normalized spacial score (nSPS) is 20.4. The van der Waals surface area contributed by atoms with E-state index in [4.69, 9.17) is 19.3 Å². The molecule has 2 N–H and O–H groups in total. The van der Waals surface area contributed by atoms with Gasteiger partial charge < -0.3 is 29.3 Å². The van der Waals surface area contributed by atoms with E-state index < -0.39 is 35.4 Å². The van der Waals surface area contributed by atoms with E-state index in [0.29, 0.717) is 31.1 Å². The van der Waals surface area contributed by atoms with Gasteiger partial charge in [-0.3, -0.25) is 14.4 Å². The summed E-state index contributed by atoms with van der Waals surface area (Å²) in [7, 11) is 5.31. The molecule has 10 nitrogen and oxygen atoms in total. The molecule has 5 unspecified atom stereocenters. The van der Waals surface area contributed by atoms with E-state index in [1.165, 1.54) is 70.5 Å². The Morgan fingerprint density at radius 1 is 0.904 bits per heavy atom. The number of aliphatic hydroxyl groups excluding tert-OH is 1. The van der Waals surface area contributed by atoms with E-state index in [9.17, 15) is 24.3 Å². The highest BCUT2D eigenvalue weighted by atomic mass is 16.6. The van der Waals surface area contributed by atoms with Crippen LogP contribution in [-0.4, -0.2) is 91.5 Å². The average molecular weight is 736 g/mol. The number of likely N-dealkylation sites (tertiary alicyclic amines) is 1. The maximum absolute atomic E-state index is 12.8. The highest BCUT2D eigenvalue weighted by Crippen LogP contribution is 2.30. The Morgan fingerprint density at radius 3 is 2.17 bits per heavy atom. The lowest BCUT2D eigenvalue weighted by molar-refractivity contribution is -0.217. The number of ketones is 2. The molecule has 2 aliphatic rings. The first-order chi connectivity index (χ1) is 25.0. The number of carbonyl (C=O) groups is 4. The Balaban J connectivity index is 0.000000965. The van der Waals surface area contributed by atoms with E-state index in [-0.39, 0.29) is 12.5 Å². The van der Waals surface area contributed by atoms with Crippen molar-refractivity contribution < 1.29 is 43.6 Å². The monoisotopic (exact) mass is 736 g/mol. The van der Waals surface area contributed by atoms with Crippen LogP contribution in [0.2, 0.25) is 0 Å². The van der Waals surface area contributed by atoms with Crippen LogP contribution < -0.4 is 0 Å². The summed E-state index contributed by atoms with van der Waals surface area (Å²) in [6, 6.07) is -0.794. The number of esters is 1. The molecule has 5 atom stereocenters. The van der Waals surface area contributed by atoms with E-state index >= 15 is 0 Å². The third-order valence-corrected chi connectivity index (χ3v) is 10.4. The summed E-state index contributed by atoms with van der Waals surface area (Å²) in [6.45, 7) is 11.4. The fourth-order valence-corrected chi connectivity index (χ4v) is 7.20. The van der Waals surface area contributed by atoms with Crippen molar-refractivity contribution in [2.24, 2.45) is 17.8 Å². The smallest absolute Gasteiger partial charge is 0.328 e. The number of unbranched alkanes of at least 4 members (excludes halogenated alkanes) is 5. The van der Waals surface area contributed by atoms with Gasteiger partial charge in [0.25, 0.3) is 11.7 Å². The molecule has 1 amide bonds. The average Bonchev–Trinajstić information content (AvgIpc) is 3.18. The zero-order chi connectivity index (χ0) is 39.4. The van der Waals surface area contributed by atoms with Crippen LogP contribution in [-0.2, 0) is 33.4 Å². The molecule has 1 aliphatic heterocycles. The fourth-order valence-electron chi connectivity index (χ4n) is 7.20. The van der Waals surface area contributed by atoms with E-state index in [0.717, 1.165) is 64.4 Å². The number of piperidine rings is 1. The molecule has 0 bridgehead atoms. The SMILES string of the molecule is C/C=C\CCCCC(C)C(O)(OC)C(=O)C(=O)N1CCCCC1C(=O)OC.C=CCC(CC=C)C(=O)CCCCCCC1CCCC(OC)C1.CO. The number of amides is 1. The van der Waals surface area contributed by atoms with Gasteiger partial charge in [-0.2, -0.15) is 0 Å². The molecular formula is C42H73NO9. The Morgan fingerprint density at radius 2 is 1.58 bits per heavy atom. The molecule has 10 heteroatoms. The number of Topliss-reactive ketones (excluding diaryl/α,β-unsaturated/α-hetero) is 2. The largest absolute Gasteiger partial charge is 0.467 e. The first kappa shape index (κ1) is 49.3. The predicted molar refractivity (Wildman–Crippen MR) is 208 cm³/mol. The molecule has 1 saturated heterocycles. The standard InChI is InChI=1S/C21H36O2.C20H33NO6.CH4O/c1-4-11-19(12-5-2)21(22)16-9-7-6-8-13-18-14-10-15-20(17-18)23-3;1-5-6-7-8-9-12-15(2)20(25,27-4)17(22)18(23)21-14-11-10-13-16(21)19(24)26-3;1-2/h4-5,18-20H,1-2,6-17H2,3H3;5-6,15-16,25H,7-14H2,1-4H3;2H,1H3/b;6-5-;. The summed E-state index contributed by atoms with van der Waals surface area (Å²) >= 11 is 0. The second-order valence-corrected chi connectivity index (χ2v) is 14.1. The van der Waals surface area contributed by atoms with Gasteiger partial charge in [0, 0.05) is 46.1 Å². The molecule has 0 spiro atoms. The molecule has 1 aliphatic carbocycles. The molecule has 2 rings (SSSR count). The highest BCUT2D eigenvalue weighted by molar-refractivity contribution is 6.39. The molecular weight excluding hydrogens is 662 g/mol. The van der Waals surface area contributed by atoms with E-state index in [1.807, 2.05) is 32.3 Å². The molecule has 1 saturated carbocycles. The Hall–Kier alpha value is -2.66. The number of rotatable bonds is 23. The summed E-state index contributed by atoms with van der Waals surface area (Å²) in [5.74, 6) is -3.86. The van der Waals surface area contributed by atoms with Gasteiger partial charge in [-0.25, -0.2) is 4.79 Å². The molecule has 0 aromatic rings. The van der Waals surface area contributed by atoms with Crippen molar-refractivity contribution in [1.29, 1.82) is 0 Å². The second-order valence-electron chi connectivity index (χ2n) is 14.1. The van der Waals surface area contributed by atoms with Crippen molar-refractivity contribution in [3.8, 4) is 0 Å². The summed E-state index contributed by atoms with van der Waals surface area (Å²) in [5.41, 5.74) is 0. The zero-order valence-corrected chi connectivity index (χ0v) is 33.5. The quantitative estimate of drug-likeness (QED) is 0.0355. The molecule has 0 aromatic heterocycles. The van der Waals surface area contributed by atoms with Gasteiger partial charge in [-0.05, 0) is 83.5 Å². The van der Waals surface area contributed by atoms with Gasteiger partial charge in [0.15, 0.2) is 0 Å². The van der Waals surface area contributed by atoms with Crippen LogP contribution >= 0.6 is 0 Å². The minimum Gasteiger partial charge on any atom is -0.467 e. The lowest BCUT2D eigenvalue weighted by Gasteiger charge is -2.36. The van der Waals surface area contributed by atoms with Crippen LogP contribution in [0.4, 0.5) is 0 Å². The van der Waals surface area contributed by atoms with Crippen LogP contribution in [0.5, 0.6) is 0 Å². The minimum atomic E-state index is -2.20. The van der Waals surface area contributed by atoms with Gasteiger partial charge in [-0.15, -0.1) is 13.2 Å². The van der Waals surface area contributed by atoms with Gasteiger partial charge in [0.1, 0.15) is 11.8 Å². The van der Waals surface area contributed by atoms with Crippen LogP contribution in [0.15, 0.2) is 37.5 Å². The Bertz CT molecular complexity index is 1050. The summed E-state index contributed by atoms with van der Waals surface area (Å²) in [5, 5.41) is 17.8. The lowest BCUT2D eigenvalue weighted by atomic mass is 9.84. The molecule has 300 valence electrons. The van der Waals surface area contributed by atoms with Crippen LogP contribution in [0.1, 0.15) is 136 Å². The van der Waals surface area contributed by atoms with Crippen LogP contribution in [0.3, 0.4) is 0 Å². The first-order valence-electron chi connectivity index (χ1n) is 19.6. The second kappa shape index (κ2) is 29.8. The molecule has 52 heavy (non-hydrogen) atoms. The lowest BCUT2D eigenvalue weighted by Crippen LogP contribution is -2.58. The minimum absolute atomic E-state index is 0.109. The number of hydrogen-bond donors (Lipinski definition) is 2. The van der Waals surface area contributed by atoms with Crippen LogP contribution in [0, 0.1) is 17.8 Å². The van der Waals surface area contributed by atoms with E-state index in [2.05, 4.69) is 19.2 Å². The fraction of sp³-hybridized carbons (Fsp3) is 0.762. The van der Waals surface area contributed by atoms with Crippen molar-refractivity contribution in [3.05, 3.63) is 37.5 Å². The third kappa shape index (κ3) is 17.9. The predicted octanol–water partition coefficient (Wildman–Crippen LogP) is 7.70. The first-order valence-corrected chi connectivity index (χ1v) is 19.6. The maximum atomic E-state index is 12.8. The van der Waals surface area contributed by atoms with Crippen molar-refractivity contribution in [3.63, 3.8) is 0 Å². The Labute approximate surface area is 315 Å². The number of carbonyl (C=O) groups excluding carboxylic acids is 4. The summed E-state index contributed by atoms with van der Waals surface area (Å²) in [4.78, 5) is 50.9. The zero-order valence-electron chi connectivity index (χ0n) is 33.5. The maximum Gasteiger partial charge on any atom is 0.328 e. The number of hydrogen-bond acceptors (Lipinski definition) is 9. The third-order valence-electron chi connectivity index (χ3n) is 10.4. The van der Waals surface area contributed by atoms with Crippen LogP contribution in [0.25, 0.3) is 0 Å². The summed E-state index contributed by atoms with van der Waals surface area (Å²) in [6.07, 6.45) is 26.9. The molecule has 1 heterocycles. The number of aliphatic hydroxyl groups is 2. The van der Waals surface area contributed by atoms with Crippen molar-refractivity contribution in [1.82, 2.24) is 4.90 Å².